The number of carbonyl (C=O) groups is 2. The first-order valence-corrected chi connectivity index (χ1v) is 14.5. The van der Waals surface area contributed by atoms with Crippen LogP contribution in [0.2, 0.25) is 0 Å². The monoisotopic (exact) mass is 519 g/mol. The van der Waals surface area contributed by atoms with E-state index in [0.29, 0.717) is 11.7 Å². The number of hydrogen-bond acceptors (Lipinski definition) is 4. The van der Waals surface area contributed by atoms with Crippen molar-refractivity contribution in [2.45, 2.75) is 88.6 Å². The number of amides is 1. The maximum Gasteiger partial charge on any atom is 0.311 e. The Morgan fingerprint density at radius 1 is 1.08 bits per heavy atom. The van der Waals surface area contributed by atoms with Gasteiger partial charge >= 0.3 is 5.97 Å². The summed E-state index contributed by atoms with van der Waals surface area (Å²) in [5, 5.41) is 8.29. The first kappa shape index (κ1) is 25.3. The van der Waals surface area contributed by atoms with Crippen LogP contribution in [0.25, 0.3) is 0 Å². The molecule has 0 spiro atoms. The SMILES string of the molecule is COC(=O)[C@H]1C2C=CC(C2)[C@H]1NC(=O)c1nn(C2CCCCC2)c2c1CCCCC2Cc1cccc(F)c1. The number of halogens is 1. The minimum Gasteiger partial charge on any atom is -0.469 e. The van der Waals surface area contributed by atoms with E-state index in [2.05, 4.69) is 22.2 Å². The summed E-state index contributed by atoms with van der Waals surface area (Å²) in [5.74, 6) is -0.538. The second-order valence-electron chi connectivity index (χ2n) is 11.7. The molecule has 2 aromatic rings. The van der Waals surface area contributed by atoms with E-state index in [-0.39, 0.29) is 47.4 Å². The zero-order valence-corrected chi connectivity index (χ0v) is 22.2. The fourth-order valence-corrected chi connectivity index (χ4v) is 7.62. The largest absolute Gasteiger partial charge is 0.469 e. The summed E-state index contributed by atoms with van der Waals surface area (Å²) in [5.41, 5.74) is 3.74. The molecular formula is C31H38FN3O3. The first-order valence-electron chi connectivity index (χ1n) is 14.5. The molecule has 2 bridgehead atoms. The van der Waals surface area contributed by atoms with Crippen LogP contribution in [0.1, 0.15) is 97.1 Å². The summed E-state index contributed by atoms with van der Waals surface area (Å²) in [6.07, 6.45) is 15.5. The van der Waals surface area contributed by atoms with E-state index < -0.39 is 0 Å². The predicted molar refractivity (Wildman–Crippen MR) is 142 cm³/mol. The van der Waals surface area contributed by atoms with Gasteiger partial charge in [-0.15, -0.1) is 0 Å². The van der Waals surface area contributed by atoms with Crippen LogP contribution in [0.15, 0.2) is 36.4 Å². The van der Waals surface area contributed by atoms with Crippen molar-refractivity contribution in [2.75, 3.05) is 7.11 Å². The van der Waals surface area contributed by atoms with Crippen molar-refractivity contribution in [3.63, 3.8) is 0 Å². The highest BCUT2D eigenvalue weighted by Crippen LogP contribution is 2.45. The topological polar surface area (TPSA) is 73.2 Å². The third kappa shape index (κ3) is 4.69. The van der Waals surface area contributed by atoms with Crippen molar-refractivity contribution in [1.82, 2.24) is 15.1 Å². The number of allylic oxidation sites excluding steroid dienone is 1. The van der Waals surface area contributed by atoms with Crippen LogP contribution < -0.4 is 5.32 Å². The molecule has 1 aromatic heterocycles. The number of nitrogens with zero attached hydrogens (tertiary/aromatic N) is 2. The van der Waals surface area contributed by atoms with Crippen molar-refractivity contribution in [1.29, 1.82) is 0 Å². The summed E-state index contributed by atoms with van der Waals surface area (Å²) in [6, 6.07) is 6.92. The molecule has 38 heavy (non-hydrogen) atoms. The Hall–Kier alpha value is -2.96. The van der Waals surface area contributed by atoms with Gasteiger partial charge in [0.15, 0.2) is 5.69 Å². The number of fused-ring (bicyclic) bond motifs is 3. The Morgan fingerprint density at radius 3 is 2.66 bits per heavy atom. The maximum absolute atomic E-state index is 14.0. The number of benzene rings is 1. The predicted octanol–water partition coefficient (Wildman–Crippen LogP) is 5.67. The van der Waals surface area contributed by atoms with Crippen LogP contribution >= 0.6 is 0 Å². The molecule has 3 unspecified atom stereocenters. The quantitative estimate of drug-likeness (QED) is 0.303. The van der Waals surface area contributed by atoms with Crippen LogP contribution in [0, 0.1) is 23.6 Å². The number of carbonyl (C=O) groups excluding carboxylic acids is 2. The molecule has 5 atom stereocenters. The summed E-state index contributed by atoms with van der Waals surface area (Å²) < 4.78 is 21.3. The number of aromatic nitrogens is 2. The van der Waals surface area contributed by atoms with E-state index in [1.165, 1.54) is 38.1 Å². The molecule has 4 aliphatic carbocycles. The van der Waals surface area contributed by atoms with E-state index >= 15 is 0 Å². The number of hydrogen-bond donors (Lipinski definition) is 1. The second kappa shape index (κ2) is 10.7. The Labute approximate surface area is 224 Å². The van der Waals surface area contributed by atoms with Crippen molar-refractivity contribution in [3.05, 3.63) is 64.7 Å². The van der Waals surface area contributed by atoms with Crippen LogP contribution in [-0.2, 0) is 22.4 Å². The Balaban J connectivity index is 1.35. The second-order valence-corrected chi connectivity index (χ2v) is 11.7. The number of esters is 1. The summed E-state index contributed by atoms with van der Waals surface area (Å²) in [4.78, 5) is 26.5. The zero-order chi connectivity index (χ0) is 26.2. The van der Waals surface area contributed by atoms with Gasteiger partial charge in [-0.2, -0.15) is 5.10 Å². The van der Waals surface area contributed by atoms with Crippen molar-refractivity contribution in [3.8, 4) is 0 Å². The van der Waals surface area contributed by atoms with E-state index in [0.717, 1.165) is 62.5 Å². The summed E-state index contributed by atoms with van der Waals surface area (Å²) >= 11 is 0. The molecule has 1 aromatic carbocycles. The molecule has 202 valence electrons. The molecule has 0 saturated heterocycles. The molecule has 2 fully saturated rings. The van der Waals surface area contributed by atoms with Gasteiger partial charge in [0.25, 0.3) is 5.91 Å². The molecule has 0 aliphatic heterocycles. The van der Waals surface area contributed by atoms with Gasteiger partial charge in [-0.25, -0.2) is 4.39 Å². The molecule has 4 aliphatic rings. The standard InChI is InChI=1S/C31H38FN3O3/c1-38-31(37)26-20-14-15-21(18-20)27(26)33-30(36)28-25-13-6-5-9-22(16-19-8-7-10-23(32)17-19)29(25)35(34-28)24-11-3-2-4-12-24/h7-8,10,14-15,17,20-22,24,26-27H,2-6,9,11-13,16,18H2,1H3,(H,33,36)/t20?,21?,22?,26-,27+/m0/s1. The molecule has 1 amide bonds. The van der Waals surface area contributed by atoms with Crippen molar-refractivity contribution < 1.29 is 18.7 Å². The van der Waals surface area contributed by atoms with Crippen LogP contribution in [-0.4, -0.2) is 34.8 Å². The fourth-order valence-electron chi connectivity index (χ4n) is 7.62. The summed E-state index contributed by atoms with van der Waals surface area (Å²) in [6.45, 7) is 0. The summed E-state index contributed by atoms with van der Waals surface area (Å²) in [7, 11) is 1.42. The zero-order valence-electron chi connectivity index (χ0n) is 22.2. The number of ether oxygens (including phenoxy) is 1. The molecule has 6 nitrogen and oxygen atoms in total. The average Bonchev–Trinajstić information content (AvgIpc) is 3.60. The van der Waals surface area contributed by atoms with Crippen LogP contribution in [0.3, 0.4) is 0 Å². The van der Waals surface area contributed by atoms with Gasteiger partial charge in [0.05, 0.1) is 19.1 Å². The molecular weight excluding hydrogens is 481 g/mol. The van der Waals surface area contributed by atoms with Gasteiger partial charge in [-0.3, -0.25) is 14.3 Å². The Kier molecular flexibility index (Phi) is 7.10. The third-order valence-electron chi connectivity index (χ3n) is 9.40. The molecule has 1 N–H and O–H groups in total. The van der Waals surface area contributed by atoms with Gasteiger partial charge in [0, 0.05) is 23.2 Å². The molecule has 0 radical (unpaired) electrons. The van der Waals surface area contributed by atoms with E-state index in [4.69, 9.17) is 9.84 Å². The van der Waals surface area contributed by atoms with Crippen LogP contribution in [0.5, 0.6) is 0 Å². The lowest BCUT2D eigenvalue weighted by atomic mass is 9.88. The highest BCUT2D eigenvalue weighted by atomic mass is 19.1. The van der Waals surface area contributed by atoms with Gasteiger partial charge in [-0.1, -0.05) is 50.0 Å². The maximum atomic E-state index is 14.0. The molecule has 2 saturated carbocycles. The molecule has 6 rings (SSSR count). The van der Waals surface area contributed by atoms with E-state index in [9.17, 15) is 14.0 Å². The normalized spacial score (nSPS) is 28.6. The number of methoxy groups -OCH3 is 1. The first-order chi connectivity index (χ1) is 18.5. The Morgan fingerprint density at radius 2 is 1.87 bits per heavy atom. The van der Waals surface area contributed by atoms with Gasteiger partial charge < -0.3 is 10.1 Å². The number of rotatable bonds is 6. The smallest absolute Gasteiger partial charge is 0.311 e. The van der Waals surface area contributed by atoms with Crippen LogP contribution in [0.4, 0.5) is 4.39 Å². The highest BCUT2D eigenvalue weighted by molar-refractivity contribution is 5.95. The third-order valence-corrected chi connectivity index (χ3v) is 9.40. The number of nitrogens with one attached hydrogen (secondary N) is 1. The lowest BCUT2D eigenvalue weighted by Gasteiger charge is -2.27. The van der Waals surface area contributed by atoms with Gasteiger partial charge in [0.2, 0.25) is 0 Å². The average molecular weight is 520 g/mol. The van der Waals surface area contributed by atoms with Crippen molar-refractivity contribution >= 4 is 11.9 Å². The molecule has 7 heteroatoms. The van der Waals surface area contributed by atoms with Gasteiger partial charge in [0.1, 0.15) is 5.82 Å². The minimum absolute atomic E-state index is 0.116. The van der Waals surface area contributed by atoms with E-state index in [1.807, 2.05) is 6.07 Å². The van der Waals surface area contributed by atoms with Crippen molar-refractivity contribution in [2.24, 2.45) is 17.8 Å². The minimum atomic E-state index is -0.348. The fraction of sp³-hybridized carbons (Fsp3) is 0.581. The highest BCUT2D eigenvalue weighted by Gasteiger charge is 2.50. The lowest BCUT2D eigenvalue weighted by molar-refractivity contribution is -0.147. The van der Waals surface area contributed by atoms with E-state index in [1.54, 1.807) is 12.1 Å². The van der Waals surface area contributed by atoms with Gasteiger partial charge in [-0.05, 0) is 74.5 Å². The lowest BCUT2D eigenvalue weighted by Crippen LogP contribution is -2.46. The molecule has 1 heterocycles. The Bertz CT molecular complexity index is 1230.